The first-order valence-corrected chi connectivity index (χ1v) is 11.1. The number of hydrogen-bond donors (Lipinski definition) is 1. The van der Waals surface area contributed by atoms with E-state index in [9.17, 15) is 29.1 Å². The molecule has 1 N–H and O–H groups in total. The van der Waals surface area contributed by atoms with Gasteiger partial charge in [0, 0.05) is 6.54 Å². The number of likely N-dealkylation sites (tertiary alicyclic amines) is 1. The first-order chi connectivity index (χ1) is 15.4. The maximum absolute atomic E-state index is 13.8. The summed E-state index contributed by atoms with van der Waals surface area (Å²) < 4.78 is 5.51. The highest BCUT2D eigenvalue weighted by Gasteiger charge is 2.48. The molecule has 3 atom stereocenters. The van der Waals surface area contributed by atoms with Crippen molar-refractivity contribution in [3.05, 3.63) is 35.4 Å². The molecule has 33 heavy (non-hydrogen) atoms. The molecular formula is C24H30N2O7. The van der Waals surface area contributed by atoms with Crippen molar-refractivity contribution in [2.75, 3.05) is 6.54 Å². The van der Waals surface area contributed by atoms with Crippen molar-refractivity contribution in [3.63, 3.8) is 0 Å². The molecule has 1 fully saturated rings. The monoisotopic (exact) mass is 458 g/mol. The Morgan fingerprint density at radius 2 is 1.67 bits per heavy atom. The zero-order chi connectivity index (χ0) is 24.5. The molecule has 0 aliphatic carbocycles. The van der Waals surface area contributed by atoms with E-state index >= 15 is 0 Å². The quantitative estimate of drug-likeness (QED) is 0.513. The second kappa shape index (κ2) is 9.33. The Morgan fingerprint density at radius 1 is 1.09 bits per heavy atom. The third kappa shape index (κ3) is 5.07. The van der Waals surface area contributed by atoms with Crippen LogP contribution in [0.4, 0.5) is 0 Å². The minimum absolute atomic E-state index is 0.171. The average molecular weight is 459 g/mol. The van der Waals surface area contributed by atoms with Crippen molar-refractivity contribution < 1.29 is 33.8 Å². The van der Waals surface area contributed by atoms with Gasteiger partial charge < -0.3 is 14.7 Å². The lowest BCUT2D eigenvalue weighted by molar-refractivity contribution is -0.168. The molecule has 1 saturated heterocycles. The Balaban J connectivity index is 1.98. The SMILES string of the molecule is C[C@H](CC(=O)O)[C@H](C(=O)N1CCCC[C@H]1C(=O)OC(C)(C)C)N1C(=O)c2ccccc2C1=O. The lowest BCUT2D eigenvalue weighted by Crippen LogP contribution is -2.59. The molecule has 0 radical (unpaired) electrons. The van der Waals surface area contributed by atoms with Gasteiger partial charge in [0.05, 0.1) is 17.5 Å². The fourth-order valence-corrected chi connectivity index (χ4v) is 4.44. The van der Waals surface area contributed by atoms with Gasteiger partial charge in [-0.05, 0) is 58.1 Å². The molecule has 2 aliphatic heterocycles. The fraction of sp³-hybridized carbons (Fsp3) is 0.542. The van der Waals surface area contributed by atoms with Crippen LogP contribution in [-0.4, -0.2) is 68.8 Å². The third-order valence-electron chi connectivity index (χ3n) is 5.86. The summed E-state index contributed by atoms with van der Waals surface area (Å²) >= 11 is 0. The number of esters is 1. The van der Waals surface area contributed by atoms with Crippen LogP contribution in [0.3, 0.4) is 0 Å². The number of carbonyl (C=O) groups is 5. The molecule has 0 unspecified atom stereocenters. The Hall–Kier alpha value is -3.23. The molecule has 0 aromatic heterocycles. The molecular weight excluding hydrogens is 428 g/mol. The Labute approximate surface area is 192 Å². The van der Waals surface area contributed by atoms with Crippen molar-refractivity contribution in [2.45, 2.75) is 71.1 Å². The van der Waals surface area contributed by atoms with Gasteiger partial charge in [-0.2, -0.15) is 0 Å². The van der Waals surface area contributed by atoms with Crippen molar-refractivity contribution in [3.8, 4) is 0 Å². The van der Waals surface area contributed by atoms with Gasteiger partial charge in [-0.1, -0.05) is 19.1 Å². The molecule has 1 aromatic rings. The van der Waals surface area contributed by atoms with Gasteiger partial charge in [-0.3, -0.25) is 24.1 Å². The number of amides is 3. The van der Waals surface area contributed by atoms with Gasteiger partial charge in [-0.25, -0.2) is 4.79 Å². The number of carboxylic acid groups (broad SMARTS) is 1. The highest BCUT2D eigenvalue weighted by molar-refractivity contribution is 6.23. The standard InChI is InChI=1S/C24H30N2O7/c1-14(13-18(27)28)19(26-20(29)15-9-5-6-10-16(15)21(26)30)22(31)25-12-8-7-11-17(25)23(32)33-24(2,3)4/h5-6,9-10,14,17,19H,7-8,11-13H2,1-4H3,(H,27,28)/t14-,17+,19-/m1/s1. The predicted molar refractivity (Wildman–Crippen MR) is 117 cm³/mol. The molecule has 3 amide bonds. The smallest absolute Gasteiger partial charge is 0.329 e. The maximum Gasteiger partial charge on any atom is 0.329 e. The number of benzene rings is 1. The van der Waals surface area contributed by atoms with E-state index in [0.717, 1.165) is 11.3 Å². The summed E-state index contributed by atoms with van der Waals surface area (Å²) in [5.41, 5.74) is -0.405. The van der Waals surface area contributed by atoms with E-state index in [2.05, 4.69) is 0 Å². The van der Waals surface area contributed by atoms with Crippen molar-refractivity contribution in [1.82, 2.24) is 9.80 Å². The van der Waals surface area contributed by atoms with Gasteiger partial charge in [0.2, 0.25) is 5.91 Å². The second-order valence-electron chi connectivity index (χ2n) is 9.62. The first kappa shape index (κ1) is 24.4. The number of fused-ring (bicyclic) bond motifs is 1. The number of carbonyl (C=O) groups excluding carboxylic acids is 4. The maximum atomic E-state index is 13.8. The van der Waals surface area contributed by atoms with Crippen molar-refractivity contribution in [2.24, 2.45) is 5.92 Å². The summed E-state index contributed by atoms with van der Waals surface area (Å²) in [7, 11) is 0. The summed E-state index contributed by atoms with van der Waals surface area (Å²) in [4.78, 5) is 66.6. The van der Waals surface area contributed by atoms with Gasteiger partial charge >= 0.3 is 11.9 Å². The number of imide groups is 1. The van der Waals surface area contributed by atoms with E-state index in [1.54, 1.807) is 32.9 Å². The fourth-order valence-electron chi connectivity index (χ4n) is 4.44. The topological polar surface area (TPSA) is 121 Å². The molecule has 0 bridgehead atoms. The van der Waals surface area contributed by atoms with Crippen LogP contribution >= 0.6 is 0 Å². The van der Waals surface area contributed by atoms with Crippen molar-refractivity contribution in [1.29, 1.82) is 0 Å². The van der Waals surface area contributed by atoms with Crippen LogP contribution in [0, 0.1) is 5.92 Å². The van der Waals surface area contributed by atoms with E-state index < -0.39 is 59.7 Å². The van der Waals surface area contributed by atoms with E-state index in [1.807, 2.05) is 0 Å². The van der Waals surface area contributed by atoms with E-state index in [-0.39, 0.29) is 17.7 Å². The molecule has 2 aliphatic rings. The zero-order valence-corrected chi connectivity index (χ0v) is 19.4. The Bertz CT molecular complexity index is 946. The van der Waals surface area contributed by atoms with Crippen LogP contribution in [0.15, 0.2) is 24.3 Å². The highest BCUT2D eigenvalue weighted by Crippen LogP contribution is 2.31. The summed E-state index contributed by atoms with van der Waals surface area (Å²) in [6.45, 7) is 6.97. The van der Waals surface area contributed by atoms with Crippen LogP contribution in [0.5, 0.6) is 0 Å². The van der Waals surface area contributed by atoms with E-state index in [4.69, 9.17) is 4.74 Å². The number of nitrogens with zero attached hydrogens (tertiary/aromatic N) is 2. The minimum Gasteiger partial charge on any atom is -0.481 e. The summed E-state index contributed by atoms with van der Waals surface area (Å²) in [6, 6.07) is 4.03. The normalized spacial score (nSPS) is 20.3. The van der Waals surface area contributed by atoms with Crippen LogP contribution in [0.25, 0.3) is 0 Å². The lowest BCUT2D eigenvalue weighted by atomic mass is 9.92. The average Bonchev–Trinajstić information content (AvgIpc) is 2.97. The number of ether oxygens (including phenoxy) is 1. The second-order valence-corrected chi connectivity index (χ2v) is 9.62. The van der Waals surface area contributed by atoms with Crippen LogP contribution in [0.1, 0.15) is 74.1 Å². The van der Waals surface area contributed by atoms with Gasteiger partial charge in [0.1, 0.15) is 17.7 Å². The van der Waals surface area contributed by atoms with Gasteiger partial charge in [0.15, 0.2) is 0 Å². The number of carboxylic acids is 1. The molecule has 0 saturated carbocycles. The van der Waals surface area contributed by atoms with Crippen LogP contribution in [-0.2, 0) is 19.1 Å². The summed E-state index contributed by atoms with van der Waals surface area (Å²) in [5.74, 6) is -4.47. The molecule has 178 valence electrons. The predicted octanol–water partition coefficient (Wildman–Crippen LogP) is 2.48. The van der Waals surface area contributed by atoms with Gasteiger partial charge in [0.25, 0.3) is 11.8 Å². The molecule has 9 heteroatoms. The molecule has 0 spiro atoms. The van der Waals surface area contributed by atoms with E-state index in [1.165, 1.54) is 24.0 Å². The van der Waals surface area contributed by atoms with Crippen molar-refractivity contribution >= 4 is 29.7 Å². The number of piperidine rings is 1. The third-order valence-corrected chi connectivity index (χ3v) is 5.86. The summed E-state index contributed by atoms with van der Waals surface area (Å²) in [6.07, 6.45) is 1.33. The summed E-state index contributed by atoms with van der Waals surface area (Å²) in [5, 5.41) is 9.35. The first-order valence-electron chi connectivity index (χ1n) is 11.1. The zero-order valence-electron chi connectivity index (χ0n) is 19.4. The number of aliphatic carboxylic acids is 1. The highest BCUT2D eigenvalue weighted by atomic mass is 16.6. The molecule has 2 heterocycles. The van der Waals surface area contributed by atoms with E-state index in [0.29, 0.717) is 12.8 Å². The van der Waals surface area contributed by atoms with Crippen LogP contribution < -0.4 is 0 Å². The largest absolute Gasteiger partial charge is 0.481 e. The molecule has 1 aromatic carbocycles. The lowest BCUT2D eigenvalue weighted by Gasteiger charge is -2.40. The Kier molecular flexibility index (Phi) is 6.90. The Morgan fingerprint density at radius 3 is 2.18 bits per heavy atom. The van der Waals surface area contributed by atoms with Crippen LogP contribution in [0.2, 0.25) is 0 Å². The number of rotatable bonds is 6. The minimum atomic E-state index is -1.35. The molecule has 9 nitrogen and oxygen atoms in total. The molecule has 3 rings (SSSR count). The number of hydrogen-bond acceptors (Lipinski definition) is 6. The van der Waals surface area contributed by atoms with Gasteiger partial charge in [-0.15, -0.1) is 0 Å².